The molecule has 1 amide bonds. The minimum Gasteiger partial charge on any atom is -0.497 e. The second kappa shape index (κ2) is 9.64. The highest BCUT2D eigenvalue weighted by Crippen LogP contribution is 2.37. The molecule has 0 spiro atoms. The van der Waals surface area contributed by atoms with E-state index in [1.165, 1.54) is 0 Å². The summed E-state index contributed by atoms with van der Waals surface area (Å²) in [6, 6.07) is 14.9. The third-order valence-electron chi connectivity index (χ3n) is 5.70. The van der Waals surface area contributed by atoms with Gasteiger partial charge in [-0.05, 0) is 56.0 Å². The summed E-state index contributed by atoms with van der Waals surface area (Å²) in [7, 11) is 1.62. The molecule has 1 aliphatic heterocycles. The van der Waals surface area contributed by atoms with Gasteiger partial charge in [-0.1, -0.05) is 19.1 Å². The van der Waals surface area contributed by atoms with E-state index >= 15 is 0 Å². The van der Waals surface area contributed by atoms with E-state index in [0.717, 1.165) is 17.7 Å². The predicted molar refractivity (Wildman–Crippen MR) is 115 cm³/mol. The van der Waals surface area contributed by atoms with E-state index in [0.29, 0.717) is 43.1 Å². The Morgan fingerprint density at radius 3 is 2.47 bits per heavy atom. The summed E-state index contributed by atoms with van der Waals surface area (Å²) in [5.41, 5.74) is 1.06. The van der Waals surface area contributed by atoms with Crippen molar-refractivity contribution in [3.8, 4) is 17.6 Å². The molecule has 1 aliphatic rings. The van der Waals surface area contributed by atoms with Crippen LogP contribution >= 0.6 is 0 Å². The molecule has 2 aromatic rings. The molecule has 1 N–H and O–H groups in total. The zero-order valence-electron chi connectivity index (χ0n) is 17.7. The lowest BCUT2D eigenvalue weighted by Crippen LogP contribution is -2.45. The number of carbonyl (C=O) groups is 1. The first-order chi connectivity index (χ1) is 14.5. The Kier molecular flexibility index (Phi) is 6.96. The number of nitrogens with zero attached hydrogens (tertiary/aromatic N) is 1. The van der Waals surface area contributed by atoms with Crippen molar-refractivity contribution in [3.63, 3.8) is 0 Å². The number of nitriles is 1. The van der Waals surface area contributed by atoms with Crippen molar-refractivity contribution in [1.29, 1.82) is 5.26 Å². The molecule has 6 nitrogen and oxygen atoms in total. The summed E-state index contributed by atoms with van der Waals surface area (Å²) in [4.78, 5) is 13.5. The minimum atomic E-state index is -0.719. The van der Waals surface area contributed by atoms with Gasteiger partial charge in [0.25, 0.3) is 0 Å². The number of rotatable bonds is 7. The molecule has 0 aliphatic carbocycles. The molecule has 30 heavy (non-hydrogen) atoms. The van der Waals surface area contributed by atoms with Crippen LogP contribution in [0.15, 0.2) is 42.5 Å². The molecule has 1 unspecified atom stereocenters. The lowest BCUT2D eigenvalue weighted by atomic mass is 9.73. The maximum absolute atomic E-state index is 13.5. The monoisotopic (exact) mass is 408 g/mol. The van der Waals surface area contributed by atoms with Crippen LogP contribution in [-0.2, 0) is 14.9 Å². The second-order valence-electron chi connectivity index (χ2n) is 7.53. The van der Waals surface area contributed by atoms with Gasteiger partial charge in [-0.15, -0.1) is 0 Å². The zero-order chi connectivity index (χ0) is 21.6. The third kappa shape index (κ3) is 4.58. The summed E-state index contributed by atoms with van der Waals surface area (Å²) >= 11 is 0. The molecule has 1 saturated heterocycles. The Morgan fingerprint density at radius 1 is 1.20 bits per heavy atom. The van der Waals surface area contributed by atoms with E-state index < -0.39 is 5.41 Å². The number of hydrogen-bond donors (Lipinski definition) is 1. The highest BCUT2D eigenvalue weighted by molar-refractivity contribution is 6.00. The molecule has 158 valence electrons. The van der Waals surface area contributed by atoms with E-state index in [2.05, 4.69) is 11.4 Å². The molecule has 1 heterocycles. The van der Waals surface area contributed by atoms with E-state index in [-0.39, 0.29) is 12.0 Å². The Bertz CT molecular complexity index is 912. The molecule has 0 bridgehead atoms. The van der Waals surface area contributed by atoms with Crippen molar-refractivity contribution >= 4 is 11.6 Å². The van der Waals surface area contributed by atoms with Crippen LogP contribution in [0.1, 0.15) is 44.2 Å². The van der Waals surface area contributed by atoms with Gasteiger partial charge in [-0.3, -0.25) is 4.79 Å². The number of carbonyl (C=O) groups excluding carboxylic acids is 1. The van der Waals surface area contributed by atoms with E-state index in [9.17, 15) is 10.1 Å². The summed E-state index contributed by atoms with van der Waals surface area (Å²) in [5.74, 6) is 1.22. The Morgan fingerprint density at radius 2 is 1.87 bits per heavy atom. The van der Waals surface area contributed by atoms with Crippen LogP contribution < -0.4 is 14.8 Å². The number of hydrogen-bond acceptors (Lipinski definition) is 5. The summed E-state index contributed by atoms with van der Waals surface area (Å²) in [5, 5.41) is 12.6. The SMILES string of the molecule is CCC(C)Oc1ccc(NC(=O)C2(c3ccc(OC)cc3)CCOCC2)c(C#N)c1. The van der Waals surface area contributed by atoms with Gasteiger partial charge in [0.15, 0.2) is 0 Å². The number of methoxy groups -OCH3 is 1. The first-order valence-corrected chi connectivity index (χ1v) is 10.3. The van der Waals surface area contributed by atoms with E-state index in [4.69, 9.17) is 14.2 Å². The highest BCUT2D eigenvalue weighted by atomic mass is 16.5. The Balaban J connectivity index is 1.88. The molecule has 0 saturated carbocycles. The van der Waals surface area contributed by atoms with Crippen molar-refractivity contribution in [2.75, 3.05) is 25.6 Å². The third-order valence-corrected chi connectivity index (χ3v) is 5.70. The van der Waals surface area contributed by atoms with Crippen LogP contribution in [-0.4, -0.2) is 32.3 Å². The second-order valence-corrected chi connectivity index (χ2v) is 7.53. The maximum atomic E-state index is 13.5. The fourth-order valence-corrected chi connectivity index (χ4v) is 3.63. The van der Waals surface area contributed by atoms with Gasteiger partial charge in [0, 0.05) is 19.3 Å². The first-order valence-electron chi connectivity index (χ1n) is 10.3. The Hall–Kier alpha value is -3.04. The fraction of sp³-hybridized carbons (Fsp3) is 0.417. The van der Waals surface area contributed by atoms with Crippen molar-refractivity contribution in [2.45, 2.75) is 44.6 Å². The number of nitrogens with one attached hydrogen (secondary N) is 1. The largest absolute Gasteiger partial charge is 0.497 e. The summed E-state index contributed by atoms with van der Waals surface area (Å²) in [6.07, 6.45) is 2.06. The molecule has 2 aromatic carbocycles. The van der Waals surface area contributed by atoms with E-state index in [1.807, 2.05) is 38.1 Å². The van der Waals surface area contributed by atoms with Crippen LogP contribution in [0.3, 0.4) is 0 Å². The van der Waals surface area contributed by atoms with Gasteiger partial charge in [0.2, 0.25) is 5.91 Å². The standard InChI is InChI=1S/C24H28N2O4/c1-4-17(2)30-21-9-10-22(18(15-21)16-25)26-23(27)24(11-13-29-14-12-24)19-5-7-20(28-3)8-6-19/h5-10,15,17H,4,11-14H2,1-3H3,(H,26,27). The van der Waals surface area contributed by atoms with Crippen LogP contribution in [0.25, 0.3) is 0 Å². The predicted octanol–water partition coefficient (Wildman–Crippen LogP) is 4.43. The zero-order valence-corrected chi connectivity index (χ0v) is 17.7. The van der Waals surface area contributed by atoms with Crippen molar-refractivity contribution in [1.82, 2.24) is 0 Å². The van der Waals surface area contributed by atoms with Crippen LogP contribution in [0.5, 0.6) is 11.5 Å². The Labute approximate surface area is 177 Å². The van der Waals surface area contributed by atoms with Gasteiger partial charge in [-0.2, -0.15) is 5.26 Å². The van der Waals surface area contributed by atoms with Gasteiger partial charge >= 0.3 is 0 Å². The van der Waals surface area contributed by atoms with Gasteiger partial charge in [-0.25, -0.2) is 0 Å². The normalized spacial score (nSPS) is 16.2. The number of amides is 1. The number of ether oxygens (including phenoxy) is 3. The average Bonchev–Trinajstić information content (AvgIpc) is 2.80. The van der Waals surface area contributed by atoms with Gasteiger partial charge in [0.1, 0.15) is 17.6 Å². The lowest BCUT2D eigenvalue weighted by Gasteiger charge is -2.36. The highest BCUT2D eigenvalue weighted by Gasteiger charge is 2.42. The van der Waals surface area contributed by atoms with Gasteiger partial charge < -0.3 is 19.5 Å². The molecule has 0 aromatic heterocycles. The van der Waals surface area contributed by atoms with Crippen molar-refractivity contribution in [2.24, 2.45) is 0 Å². The molecule has 1 fully saturated rings. The van der Waals surface area contributed by atoms with Gasteiger partial charge in [0.05, 0.1) is 29.9 Å². The smallest absolute Gasteiger partial charge is 0.235 e. The molecular weight excluding hydrogens is 380 g/mol. The molecule has 1 atom stereocenters. The van der Waals surface area contributed by atoms with Crippen molar-refractivity contribution in [3.05, 3.63) is 53.6 Å². The topological polar surface area (TPSA) is 80.6 Å². The first kappa shape index (κ1) is 21.7. The van der Waals surface area contributed by atoms with E-state index in [1.54, 1.807) is 25.3 Å². The number of anilines is 1. The van der Waals surface area contributed by atoms with Crippen molar-refractivity contribution < 1.29 is 19.0 Å². The van der Waals surface area contributed by atoms with Crippen LogP contribution in [0.2, 0.25) is 0 Å². The quantitative estimate of drug-likeness (QED) is 0.733. The molecule has 6 heteroatoms. The van der Waals surface area contributed by atoms with Crippen LogP contribution in [0.4, 0.5) is 5.69 Å². The lowest BCUT2D eigenvalue weighted by molar-refractivity contribution is -0.125. The number of benzene rings is 2. The fourth-order valence-electron chi connectivity index (χ4n) is 3.63. The minimum absolute atomic E-state index is 0.0533. The molecule has 0 radical (unpaired) electrons. The van der Waals surface area contributed by atoms with Crippen LogP contribution in [0, 0.1) is 11.3 Å². The average molecular weight is 408 g/mol. The summed E-state index contributed by atoms with van der Waals surface area (Å²) in [6.45, 7) is 5.03. The molecular formula is C24H28N2O4. The molecule has 3 rings (SSSR count). The summed E-state index contributed by atoms with van der Waals surface area (Å²) < 4.78 is 16.6. The maximum Gasteiger partial charge on any atom is 0.235 e.